The molecule has 0 saturated carbocycles. The van der Waals surface area contributed by atoms with E-state index in [0.717, 1.165) is 19.3 Å². The van der Waals surface area contributed by atoms with Crippen molar-refractivity contribution >= 4 is 5.78 Å². The fraction of sp³-hybridized carbons (Fsp3) is 0.562. The maximum absolute atomic E-state index is 11.0. The zero-order chi connectivity index (χ0) is 12.8. The Balaban J connectivity index is 3.18. The lowest BCUT2D eigenvalue weighted by Gasteiger charge is -1.99. The minimum absolute atomic E-state index is 0.405. The number of unbranched alkanes of at least 4 members (excludes halogenated alkanes) is 5. The van der Waals surface area contributed by atoms with Crippen molar-refractivity contribution in [3.05, 3.63) is 37.0 Å². The highest BCUT2D eigenvalue weighted by Crippen LogP contribution is 2.08. The summed E-state index contributed by atoms with van der Waals surface area (Å²) in [6.07, 6.45) is 18.7. The summed E-state index contributed by atoms with van der Waals surface area (Å²) in [7, 11) is 0. The van der Waals surface area contributed by atoms with Crippen LogP contribution in [0.1, 0.15) is 58.3 Å². The summed E-state index contributed by atoms with van der Waals surface area (Å²) in [5, 5.41) is 0. The molecular weight excluding hydrogens is 208 g/mol. The van der Waals surface area contributed by atoms with Crippen LogP contribution in [0, 0.1) is 0 Å². The van der Waals surface area contributed by atoms with Crippen molar-refractivity contribution in [1.82, 2.24) is 0 Å². The third kappa shape index (κ3) is 12.8. The molecular formula is C16H26O. The molecule has 96 valence electrons. The summed E-state index contributed by atoms with van der Waals surface area (Å²) in [5.41, 5.74) is 0. The molecule has 0 saturated heterocycles. The summed E-state index contributed by atoms with van der Waals surface area (Å²) in [6.45, 7) is 5.55. The van der Waals surface area contributed by atoms with Gasteiger partial charge in [-0.1, -0.05) is 63.1 Å². The number of Topliss-reactive ketones (excluding diaryl/α,β-unsaturated/α-hetero) is 1. The Morgan fingerprint density at radius 2 is 1.71 bits per heavy atom. The van der Waals surface area contributed by atoms with Crippen LogP contribution in [0.15, 0.2) is 37.0 Å². The zero-order valence-corrected chi connectivity index (χ0v) is 11.2. The van der Waals surface area contributed by atoms with Gasteiger partial charge >= 0.3 is 0 Å². The van der Waals surface area contributed by atoms with E-state index in [9.17, 15) is 4.79 Å². The first kappa shape index (κ1) is 15.9. The monoisotopic (exact) mass is 234 g/mol. The van der Waals surface area contributed by atoms with E-state index in [1.165, 1.54) is 25.7 Å². The molecule has 0 unspecified atom stereocenters. The van der Waals surface area contributed by atoms with Crippen molar-refractivity contribution in [3.63, 3.8) is 0 Å². The van der Waals surface area contributed by atoms with E-state index in [0.29, 0.717) is 12.2 Å². The number of carbonyl (C=O) groups excluding carboxylic acids is 1. The Morgan fingerprint density at radius 1 is 1.00 bits per heavy atom. The summed E-state index contributed by atoms with van der Waals surface area (Å²) in [5.74, 6) is 0.405. The van der Waals surface area contributed by atoms with E-state index >= 15 is 0 Å². The summed E-state index contributed by atoms with van der Waals surface area (Å²) < 4.78 is 0. The second kappa shape index (κ2) is 13.0. The highest BCUT2D eigenvalue weighted by Gasteiger charge is 1.97. The van der Waals surface area contributed by atoms with E-state index in [1.807, 2.05) is 19.1 Å². The minimum Gasteiger partial charge on any atom is -0.300 e. The third-order valence-corrected chi connectivity index (χ3v) is 2.72. The van der Waals surface area contributed by atoms with Crippen molar-refractivity contribution in [3.8, 4) is 0 Å². The van der Waals surface area contributed by atoms with Gasteiger partial charge in [0.2, 0.25) is 0 Å². The third-order valence-electron chi connectivity index (χ3n) is 2.72. The molecule has 0 aromatic rings. The van der Waals surface area contributed by atoms with Crippen LogP contribution in [-0.2, 0) is 4.79 Å². The average Bonchev–Trinajstić information content (AvgIpc) is 2.35. The molecule has 0 fully saturated rings. The Labute approximate surface area is 106 Å². The first-order valence-corrected chi connectivity index (χ1v) is 6.77. The highest BCUT2D eigenvalue weighted by molar-refractivity contribution is 5.77. The average molecular weight is 234 g/mol. The largest absolute Gasteiger partial charge is 0.300 e. The topological polar surface area (TPSA) is 17.1 Å². The molecule has 1 heteroatoms. The van der Waals surface area contributed by atoms with Crippen molar-refractivity contribution in [2.75, 3.05) is 0 Å². The molecule has 0 N–H and O–H groups in total. The fourth-order valence-electron chi connectivity index (χ4n) is 1.61. The van der Waals surface area contributed by atoms with E-state index < -0.39 is 0 Å². The predicted octanol–water partition coefficient (Wildman–Crippen LogP) is 4.99. The van der Waals surface area contributed by atoms with Gasteiger partial charge < -0.3 is 0 Å². The number of rotatable bonds is 11. The van der Waals surface area contributed by atoms with Gasteiger partial charge in [0.05, 0.1) is 0 Å². The smallest absolute Gasteiger partial charge is 0.132 e. The quantitative estimate of drug-likeness (QED) is 0.363. The molecule has 0 aromatic heterocycles. The van der Waals surface area contributed by atoms with E-state index in [-0.39, 0.29) is 0 Å². The summed E-state index contributed by atoms with van der Waals surface area (Å²) >= 11 is 0. The van der Waals surface area contributed by atoms with Crippen molar-refractivity contribution in [1.29, 1.82) is 0 Å². The van der Waals surface area contributed by atoms with Gasteiger partial charge in [-0.2, -0.15) is 0 Å². The molecule has 1 nitrogen and oxygen atoms in total. The molecule has 0 heterocycles. The molecule has 0 aliphatic carbocycles. The molecule has 0 rings (SSSR count). The van der Waals surface area contributed by atoms with Gasteiger partial charge in [-0.3, -0.25) is 4.79 Å². The van der Waals surface area contributed by atoms with Crippen LogP contribution in [0.25, 0.3) is 0 Å². The Morgan fingerprint density at radius 3 is 2.41 bits per heavy atom. The number of allylic oxidation sites excluding steroid dienone is 5. The van der Waals surface area contributed by atoms with E-state index in [1.54, 1.807) is 6.08 Å². The number of carbonyl (C=O) groups is 1. The van der Waals surface area contributed by atoms with Gasteiger partial charge in [0.1, 0.15) is 5.78 Å². The Kier molecular flexibility index (Phi) is 12.1. The molecule has 0 aliphatic rings. The molecule has 0 aliphatic heterocycles. The summed E-state index contributed by atoms with van der Waals surface area (Å²) in [6, 6.07) is 0. The molecule has 0 amide bonds. The number of ketones is 1. The van der Waals surface area contributed by atoms with Gasteiger partial charge in [0.15, 0.2) is 0 Å². The Bertz CT molecular complexity index is 248. The molecule has 0 bridgehead atoms. The SMILES string of the molecule is C=CC=CC=CCCCCCCCC(=O)CC. The number of hydrogen-bond donors (Lipinski definition) is 0. The Hall–Kier alpha value is -1.11. The van der Waals surface area contributed by atoms with E-state index in [4.69, 9.17) is 0 Å². The van der Waals surface area contributed by atoms with Crippen LogP contribution in [0.4, 0.5) is 0 Å². The zero-order valence-electron chi connectivity index (χ0n) is 11.2. The lowest BCUT2D eigenvalue weighted by atomic mass is 10.1. The van der Waals surface area contributed by atoms with Gasteiger partial charge in [0, 0.05) is 12.8 Å². The minimum atomic E-state index is 0.405. The first-order chi connectivity index (χ1) is 8.31. The fourth-order valence-corrected chi connectivity index (χ4v) is 1.61. The standard InChI is InChI=1S/C16H26O/c1-3-5-6-7-8-9-10-11-12-13-14-15-16(17)4-2/h3,5-8H,1,4,9-15H2,2H3. The van der Waals surface area contributed by atoms with Crippen molar-refractivity contribution in [2.45, 2.75) is 58.3 Å². The summed E-state index contributed by atoms with van der Waals surface area (Å²) in [4.78, 5) is 11.0. The molecule has 0 spiro atoms. The predicted molar refractivity (Wildman–Crippen MR) is 76.1 cm³/mol. The molecule has 0 aromatic carbocycles. The van der Waals surface area contributed by atoms with E-state index in [2.05, 4.69) is 18.7 Å². The van der Waals surface area contributed by atoms with Gasteiger partial charge in [0.25, 0.3) is 0 Å². The van der Waals surface area contributed by atoms with Gasteiger partial charge in [-0.15, -0.1) is 0 Å². The van der Waals surface area contributed by atoms with Crippen LogP contribution in [-0.4, -0.2) is 5.78 Å². The van der Waals surface area contributed by atoms with Crippen LogP contribution >= 0.6 is 0 Å². The highest BCUT2D eigenvalue weighted by atomic mass is 16.1. The van der Waals surface area contributed by atoms with Crippen LogP contribution in [0.5, 0.6) is 0 Å². The van der Waals surface area contributed by atoms with Crippen LogP contribution in [0.3, 0.4) is 0 Å². The molecule has 0 atom stereocenters. The van der Waals surface area contributed by atoms with Crippen LogP contribution in [0.2, 0.25) is 0 Å². The first-order valence-electron chi connectivity index (χ1n) is 6.77. The van der Waals surface area contributed by atoms with Gasteiger partial charge in [-0.25, -0.2) is 0 Å². The normalized spacial score (nSPS) is 11.4. The van der Waals surface area contributed by atoms with Crippen LogP contribution < -0.4 is 0 Å². The second-order valence-corrected chi connectivity index (χ2v) is 4.25. The maximum Gasteiger partial charge on any atom is 0.132 e. The second-order valence-electron chi connectivity index (χ2n) is 4.25. The maximum atomic E-state index is 11.0. The molecule has 0 radical (unpaired) electrons. The molecule has 17 heavy (non-hydrogen) atoms. The lowest BCUT2D eigenvalue weighted by molar-refractivity contribution is -0.118. The van der Waals surface area contributed by atoms with Crippen molar-refractivity contribution in [2.24, 2.45) is 0 Å². The lowest BCUT2D eigenvalue weighted by Crippen LogP contribution is -1.93. The van der Waals surface area contributed by atoms with Gasteiger partial charge in [-0.05, 0) is 19.3 Å². The number of hydrogen-bond acceptors (Lipinski definition) is 1. The van der Waals surface area contributed by atoms with Crippen molar-refractivity contribution < 1.29 is 4.79 Å².